The molecule has 3 nitrogen and oxygen atoms in total. The Hall–Kier alpha value is -1.00. The molecule has 3 N–H and O–H groups in total. The molecule has 0 spiro atoms. The standard InChI is InChI=1S/C13H16ClFN2O/c14-8-5-12(10(16)6-9(8)15)17-11-3-4-18-13(11)7-1-2-7/h5-7,11,13,17H,1-4,16H2. The molecule has 3 rings (SSSR count). The molecule has 1 aromatic carbocycles. The molecule has 1 saturated carbocycles. The lowest BCUT2D eigenvalue weighted by molar-refractivity contribution is 0.0898. The molecule has 18 heavy (non-hydrogen) atoms. The number of nitrogens with one attached hydrogen (secondary N) is 1. The number of hydrogen-bond acceptors (Lipinski definition) is 3. The first-order chi connectivity index (χ1) is 8.65. The van der Waals surface area contributed by atoms with Crippen molar-refractivity contribution in [1.29, 1.82) is 0 Å². The van der Waals surface area contributed by atoms with E-state index in [1.165, 1.54) is 18.9 Å². The van der Waals surface area contributed by atoms with Crippen LogP contribution in [0.5, 0.6) is 0 Å². The molecule has 2 unspecified atom stereocenters. The molecule has 0 amide bonds. The van der Waals surface area contributed by atoms with Gasteiger partial charge in [-0.15, -0.1) is 0 Å². The Kier molecular flexibility index (Phi) is 3.08. The number of rotatable bonds is 3. The van der Waals surface area contributed by atoms with Crippen molar-refractivity contribution < 1.29 is 9.13 Å². The predicted molar refractivity (Wildman–Crippen MR) is 70.3 cm³/mol. The molecule has 1 aliphatic carbocycles. The predicted octanol–water partition coefficient (Wildman–Crippen LogP) is 3.04. The van der Waals surface area contributed by atoms with Crippen LogP contribution in [0.25, 0.3) is 0 Å². The number of benzene rings is 1. The van der Waals surface area contributed by atoms with E-state index in [0.29, 0.717) is 17.3 Å². The van der Waals surface area contributed by atoms with Crippen LogP contribution >= 0.6 is 11.6 Å². The highest BCUT2D eigenvalue weighted by Crippen LogP contribution is 2.40. The van der Waals surface area contributed by atoms with Gasteiger partial charge in [0.1, 0.15) is 5.82 Å². The van der Waals surface area contributed by atoms with Gasteiger partial charge in [0.05, 0.1) is 28.5 Å². The van der Waals surface area contributed by atoms with E-state index < -0.39 is 5.82 Å². The molecule has 98 valence electrons. The third kappa shape index (κ3) is 2.27. The van der Waals surface area contributed by atoms with Gasteiger partial charge in [-0.2, -0.15) is 0 Å². The first-order valence-electron chi connectivity index (χ1n) is 6.28. The van der Waals surface area contributed by atoms with E-state index in [1.54, 1.807) is 6.07 Å². The molecule has 1 heterocycles. The molecular formula is C13H16ClFN2O. The smallest absolute Gasteiger partial charge is 0.143 e. The summed E-state index contributed by atoms with van der Waals surface area (Å²) < 4.78 is 19.0. The van der Waals surface area contributed by atoms with Gasteiger partial charge in [0.25, 0.3) is 0 Å². The fourth-order valence-corrected chi connectivity index (χ4v) is 2.71. The third-order valence-corrected chi connectivity index (χ3v) is 3.95. The van der Waals surface area contributed by atoms with Crippen molar-refractivity contribution in [3.8, 4) is 0 Å². The third-order valence-electron chi connectivity index (χ3n) is 3.66. The fourth-order valence-electron chi connectivity index (χ4n) is 2.54. The van der Waals surface area contributed by atoms with Gasteiger partial charge in [-0.3, -0.25) is 0 Å². The van der Waals surface area contributed by atoms with Gasteiger partial charge in [-0.05, 0) is 31.2 Å². The van der Waals surface area contributed by atoms with Crippen LogP contribution in [0.4, 0.5) is 15.8 Å². The summed E-state index contributed by atoms with van der Waals surface area (Å²) in [6, 6.07) is 3.06. The summed E-state index contributed by atoms with van der Waals surface area (Å²) in [6.45, 7) is 0.771. The maximum atomic E-state index is 13.2. The number of hydrogen-bond donors (Lipinski definition) is 2. The zero-order chi connectivity index (χ0) is 12.7. The van der Waals surface area contributed by atoms with E-state index in [4.69, 9.17) is 22.1 Å². The second-order valence-electron chi connectivity index (χ2n) is 5.07. The normalized spacial score (nSPS) is 27.4. The molecule has 0 radical (unpaired) electrons. The second kappa shape index (κ2) is 4.59. The summed E-state index contributed by atoms with van der Waals surface area (Å²) in [4.78, 5) is 0. The molecule has 5 heteroatoms. The van der Waals surface area contributed by atoms with Gasteiger partial charge in [0.2, 0.25) is 0 Å². The van der Waals surface area contributed by atoms with E-state index in [0.717, 1.165) is 13.0 Å². The Labute approximate surface area is 110 Å². The van der Waals surface area contributed by atoms with Crippen molar-refractivity contribution in [2.24, 2.45) is 5.92 Å². The van der Waals surface area contributed by atoms with Crippen LogP contribution in [-0.2, 0) is 4.74 Å². The molecule has 1 saturated heterocycles. The lowest BCUT2D eigenvalue weighted by atomic mass is 10.1. The minimum Gasteiger partial charge on any atom is -0.397 e. The molecule has 0 aromatic heterocycles. The highest BCUT2D eigenvalue weighted by molar-refractivity contribution is 6.31. The molecule has 2 fully saturated rings. The molecule has 1 aromatic rings. The number of anilines is 2. The summed E-state index contributed by atoms with van der Waals surface area (Å²) in [7, 11) is 0. The molecule has 2 atom stereocenters. The van der Waals surface area contributed by atoms with Crippen LogP contribution in [-0.4, -0.2) is 18.8 Å². The Bertz CT molecular complexity index is 465. The van der Waals surface area contributed by atoms with Crippen LogP contribution in [0.1, 0.15) is 19.3 Å². The Morgan fingerprint density at radius 2 is 2.11 bits per heavy atom. The van der Waals surface area contributed by atoms with Gasteiger partial charge >= 0.3 is 0 Å². The second-order valence-corrected chi connectivity index (χ2v) is 5.47. The number of ether oxygens (including phenoxy) is 1. The Morgan fingerprint density at radius 3 is 2.83 bits per heavy atom. The Morgan fingerprint density at radius 1 is 1.33 bits per heavy atom. The first kappa shape index (κ1) is 12.1. The van der Waals surface area contributed by atoms with Crippen molar-refractivity contribution in [3.05, 3.63) is 23.0 Å². The highest BCUT2D eigenvalue weighted by Gasteiger charge is 2.40. The number of halogens is 2. The lowest BCUT2D eigenvalue weighted by Crippen LogP contribution is -2.31. The number of nitrogen functional groups attached to an aromatic ring is 1. The maximum absolute atomic E-state index is 13.2. The summed E-state index contributed by atoms with van der Waals surface area (Å²) >= 11 is 5.78. The number of nitrogens with two attached hydrogens (primary N) is 1. The average molecular weight is 271 g/mol. The monoisotopic (exact) mass is 270 g/mol. The molecule has 2 aliphatic rings. The molecule has 1 aliphatic heterocycles. The van der Waals surface area contributed by atoms with Crippen molar-refractivity contribution >= 4 is 23.0 Å². The molecular weight excluding hydrogens is 255 g/mol. The van der Waals surface area contributed by atoms with Crippen molar-refractivity contribution in [1.82, 2.24) is 0 Å². The van der Waals surface area contributed by atoms with Gasteiger partial charge in [-0.25, -0.2) is 4.39 Å². The molecule has 0 bridgehead atoms. The minimum atomic E-state index is -0.485. The van der Waals surface area contributed by atoms with Gasteiger partial charge in [0.15, 0.2) is 0 Å². The van der Waals surface area contributed by atoms with E-state index in [9.17, 15) is 4.39 Å². The van der Waals surface area contributed by atoms with Crippen molar-refractivity contribution in [2.45, 2.75) is 31.4 Å². The van der Waals surface area contributed by atoms with Gasteiger partial charge in [-0.1, -0.05) is 11.6 Å². The van der Waals surface area contributed by atoms with Gasteiger partial charge in [0, 0.05) is 12.7 Å². The van der Waals surface area contributed by atoms with Crippen LogP contribution in [0.3, 0.4) is 0 Å². The SMILES string of the molecule is Nc1cc(F)c(Cl)cc1NC1CCOC1C1CC1. The summed E-state index contributed by atoms with van der Waals surface area (Å²) in [5.74, 6) is 0.184. The van der Waals surface area contributed by atoms with E-state index in [1.807, 2.05) is 0 Å². The van der Waals surface area contributed by atoms with Crippen molar-refractivity contribution in [2.75, 3.05) is 17.7 Å². The van der Waals surface area contributed by atoms with Crippen LogP contribution in [0.15, 0.2) is 12.1 Å². The van der Waals surface area contributed by atoms with Gasteiger partial charge < -0.3 is 15.8 Å². The van der Waals surface area contributed by atoms with Crippen LogP contribution < -0.4 is 11.1 Å². The largest absolute Gasteiger partial charge is 0.397 e. The van der Waals surface area contributed by atoms with E-state index in [-0.39, 0.29) is 17.2 Å². The average Bonchev–Trinajstić information content (AvgIpc) is 3.07. The summed E-state index contributed by atoms with van der Waals surface area (Å²) in [5.41, 5.74) is 6.89. The fraction of sp³-hybridized carbons (Fsp3) is 0.538. The topological polar surface area (TPSA) is 47.3 Å². The maximum Gasteiger partial charge on any atom is 0.143 e. The van der Waals surface area contributed by atoms with Crippen LogP contribution in [0.2, 0.25) is 5.02 Å². The quantitative estimate of drug-likeness (QED) is 0.830. The summed E-state index contributed by atoms with van der Waals surface area (Å²) in [6.07, 6.45) is 3.69. The van der Waals surface area contributed by atoms with Crippen molar-refractivity contribution in [3.63, 3.8) is 0 Å². The lowest BCUT2D eigenvalue weighted by Gasteiger charge is -2.21. The zero-order valence-corrected chi connectivity index (χ0v) is 10.7. The zero-order valence-electron chi connectivity index (χ0n) is 9.96. The van der Waals surface area contributed by atoms with Crippen LogP contribution in [0, 0.1) is 11.7 Å². The summed E-state index contributed by atoms with van der Waals surface area (Å²) in [5, 5.41) is 3.44. The first-order valence-corrected chi connectivity index (χ1v) is 6.65. The highest BCUT2D eigenvalue weighted by atomic mass is 35.5. The van der Waals surface area contributed by atoms with E-state index >= 15 is 0 Å². The Balaban J connectivity index is 1.77. The minimum absolute atomic E-state index is 0.0913. The van der Waals surface area contributed by atoms with E-state index in [2.05, 4.69) is 5.32 Å².